The first-order chi connectivity index (χ1) is 12.4. The van der Waals surface area contributed by atoms with Crippen LogP contribution in [-0.2, 0) is 14.4 Å². The fraction of sp³-hybridized carbons (Fsp3) is 0.850. The van der Waals surface area contributed by atoms with E-state index in [1.165, 1.54) is 19.3 Å². The second-order valence-corrected chi connectivity index (χ2v) is 7.74. The third-order valence-corrected chi connectivity index (χ3v) is 5.59. The SMILES string of the molecule is O=C(O)C1CC2CCC1C2.O=C(O)CCCCCCCCCCC(=O)O. The Balaban J connectivity index is 0.000000284. The van der Waals surface area contributed by atoms with Gasteiger partial charge in [0.2, 0.25) is 0 Å². The number of aliphatic carboxylic acids is 3. The third kappa shape index (κ3) is 9.78. The lowest BCUT2D eigenvalue weighted by Crippen LogP contribution is -2.19. The summed E-state index contributed by atoms with van der Waals surface area (Å²) in [4.78, 5) is 31.0. The van der Waals surface area contributed by atoms with E-state index < -0.39 is 17.9 Å². The van der Waals surface area contributed by atoms with Gasteiger partial charge in [-0.15, -0.1) is 0 Å². The molecule has 0 spiro atoms. The van der Waals surface area contributed by atoms with Crippen molar-refractivity contribution in [2.75, 3.05) is 0 Å². The minimum absolute atomic E-state index is 0.0127. The van der Waals surface area contributed by atoms with Crippen molar-refractivity contribution in [3.63, 3.8) is 0 Å². The molecule has 2 aliphatic carbocycles. The summed E-state index contributed by atoms with van der Waals surface area (Å²) in [6.45, 7) is 0. The van der Waals surface area contributed by atoms with Gasteiger partial charge in [0.25, 0.3) is 0 Å². The summed E-state index contributed by atoms with van der Waals surface area (Å²) < 4.78 is 0. The molecule has 6 heteroatoms. The monoisotopic (exact) mass is 370 g/mol. The number of unbranched alkanes of at least 4 members (excludes halogenated alkanes) is 7. The van der Waals surface area contributed by atoms with Crippen LogP contribution in [0.2, 0.25) is 0 Å². The minimum Gasteiger partial charge on any atom is -0.481 e. The number of carboxylic acids is 3. The van der Waals surface area contributed by atoms with Crippen molar-refractivity contribution in [2.24, 2.45) is 17.8 Å². The lowest BCUT2D eigenvalue weighted by atomic mass is 9.89. The topological polar surface area (TPSA) is 112 Å². The van der Waals surface area contributed by atoms with Crippen LogP contribution in [0.5, 0.6) is 0 Å². The molecule has 3 unspecified atom stereocenters. The molecular weight excluding hydrogens is 336 g/mol. The first kappa shape index (κ1) is 22.5. The molecule has 26 heavy (non-hydrogen) atoms. The zero-order chi connectivity index (χ0) is 19.4. The van der Waals surface area contributed by atoms with Gasteiger partial charge in [-0.25, -0.2) is 0 Å². The van der Waals surface area contributed by atoms with Gasteiger partial charge in [-0.3, -0.25) is 14.4 Å². The molecule has 0 aromatic rings. The van der Waals surface area contributed by atoms with Crippen LogP contribution in [0.4, 0.5) is 0 Å². The summed E-state index contributed by atoms with van der Waals surface area (Å²) in [6, 6.07) is 0. The van der Waals surface area contributed by atoms with E-state index in [4.69, 9.17) is 15.3 Å². The van der Waals surface area contributed by atoms with Crippen molar-refractivity contribution >= 4 is 17.9 Å². The quantitative estimate of drug-likeness (QED) is 0.434. The van der Waals surface area contributed by atoms with Crippen LogP contribution in [0.3, 0.4) is 0 Å². The van der Waals surface area contributed by atoms with Gasteiger partial charge in [-0.1, -0.05) is 44.9 Å². The summed E-state index contributed by atoms with van der Waals surface area (Å²) >= 11 is 0. The highest BCUT2D eigenvalue weighted by molar-refractivity contribution is 5.71. The van der Waals surface area contributed by atoms with Crippen molar-refractivity contribution in [3.05, 3.63) is 0 Å². The average Bonchev–Trinajstić information content (AvgIpc) is 3.20. The Labute approximate surface area is 156 Å². The number of carbonyl (C=O) groups is 3. The predicted octanol–water partition coefficient (Wildman–Crippen LogP) is 4.56. The van der Waals surface area contributed by atoms with Crippen LogP contribution in [0.15, 0.2) is 0 Å². The molecule has 0 amide bonds. The average molecular weight is 370 g/mol. The smallest absolute Gasteiger partial charge is 0.306 e. The molecule has 0 aromatic carbocycles. The Morgan fingerprint density at radius 1 is 0.654 bits per heavy atom. The van der Waals surface area contributed by atoms with Gasteiger partial charge < -0.3 is 15.3 Å². The largest absolute Gasteiger partial charge is 0.481 e. The second-order valence-electron chi connectivity index (χ2n) is 7.74. The fourth-order valence-corrected chi connectivity index (χ4v) is 4.16. The Kier molecular flexibility index (Phi) is 11.0. The van der Waals surface area contributed by atoms with Crippen molar-refractivity contribution < 1.29 is 29.7 Å². The number of hydrogen-bond donors (Lipinski definition) is 3. The molecule has 2 rings (SSSR count). The summed E-state index contributed by atoms with van der Waals surface area (Å²) in [7, 11) is 0. The maximum atomic E-state index is 10.6. The summed E-state index contributed by atoms with van der Waals surface area (Å²) in [5.41, 5.74) is 0. The third-order valence-electron chi connectivity index (χ3n) is 5.59. The van der Waals surface area contributed by atoms with E-state index in [0.717, 1.165) is 63.7 Å². The molecule has 2 fully saturated rings. The van der Waals surface area contributed by atoms with E-state index in [-0.39, 0.29) is 18.8 Å². The standard InChI is InChI=1S/C12H22O4.C8H12O2/c13-11(14)9-7-5-3-1-2-4-6-8-10-12(15)16;9-8(10)7-4-5-1-2-6(7)3-5/h1-10H2,(H,13,14)(H,15,16);5-7H,1-4H2,(H,9,10). The first-order valence-electron chi connectivity index (χ1n) is 10.1. The zero-order valence-corrected chi connectivity index (χ0v) is 15.7. The van der Waals surface area contributed by atoms with E-state index in [0.29, 0.717) is 5.92 Å². The van der Waals surface area contributed by atoms with Crippen LogP contribution in [0.1, 0.15) is 89.9 Å². The maximum Gasteiger partial charge on any atom is 0.306 e. The van der Waals surface area contributed by atoms with Gasteiger partial charge in [-0.05, 0) is 43.9 Å². The molecule has 0 saturated heterocycles. The molecule has 0 aliphatic heterocycles. The molecule has 0 aromatic heterocycles. The Morgan fingerprint density at radius 3 is 1.38 bits per heavy atom. The molecule has 2 saturated carbocycles. The number of fused-ring (bicyclic) bond motifs is 2. The lowest BCUT2D eigenvalue weighted by molar-refractivity contribution is -0.143. The molecule has 3 atom stereocenters. The van der Waals surface area contributed by atoms with E-state index in [1.807, 2.05) is 0 Å². The van der Waals surface area contributed by atoms with E-state index in [2.05, 4.69) is 0 Å². The van der Waals surface area contributed by atoms with Crippen LogP contribution in [-0.4, -0.2) is 33.2 Å². The first-order valence-corrected chi connectivity index (χ1v) is 10.1. The van der Waals surface area contributed by atoms with E-state index >= 15 is 0 Å². The molecule has 2 bridgehead atoms. The lowest BCUT2D eigenvalue weighted by Gasteiger charge is -2.16. The summed E-state index contributed by atoms with van der Waals surface area (Å²) in [5, 5.41) is 25.6. The molecule has 2 aliphatic rings. The highest BCUT2D eigenvalue weighted by Gasteiger charge is 2.42. The van der Waals surface area contributed by atoms with Crippen LogP contribution in [0, 0.1) is 17.8 Å². The highest BCUT2D eigenvalue weighted by Crippen LogP contribution is 2.48. The minimum atomic E-state index is -0.714. The van der Waals surface area contributed by atoms with Crippen molar-refractivity contribution in [2.45, 2.75) is 89.9 Å². The highest BCUT2D eigenvalue weighted by atomic mass is 16.4. The van der Waals surface area contributed by atoms with Gasteiger partial charge in [0, 0.05) is 12.8 Å². The van der Waals surface area contributed by atoms with E-state index in [9.17, 15) is 14.4 Å². The fourth-order valence-electron chi connectivity index (χ4n) is 4.16. The molecule has 6 nitrogen and oxygen atoms in total. The Bertz CT molecular complexity index is 426. The zero-order valence-electron chi connectivity index (χ0n) is 15.7. The Morgan fingerprint density at radius 2 is 1.12 bits per heavy atom. The Hall–Kier alpha value is -1.59. The van der Waals surface area contributed by atoms with Crippen molar-refractivity contribution in [1.82, 2.24) is 0 Å². The van der Waals surface area contributed by atoms with Crippen LogP contribution in [0.25, 0.3) is 0 Å². The van der Waals surface area contributed by atoms with Gasteiger partial charge in [0.05, 0.1) is 5.92 Å². The molecular formula is C20H34O6. The summed E-state index contributed by atoms with van der Waals surface area (Å²) in [5.74, 6) is -0.693. The van der Waals surface area contributed by atoms with Gasteiger partial charge in [0.1, 0.15) is 0 Å². The summed E-state index contributed by atoms with van der Waals surface area (Å²) in [6.07, 6.45) is 13.1. The molecule has 150 valence electrons. The van der Waals surface area contributed by atoms with Crippen molar-refractivity contribution in [1.29, 1.82) is 0 Å². The van der Waals surface area contributed by atoms with Crippen LogP contribution < -0.4 is 0 Å². The second kappa shape index (κ2) is 12.7. The normalized spacial score (nSPS) is 23.3. The van der Waals surface area contributed by atoms with Crippen molar-refractivity contribution in [3.8, 4) is 0 Å². The number of carboxylic acid groups (broad SMARTS) is 3. The van der Waals surface area contributed by atoms with Gasteiger partial charge >= 0.3 is 17.9 Å². The van der Waals surface area contributed by atoms with Crippen LogP contribution >= 0.6 is 0 Å². The molecule has 3 N–H and O–H groups in total. The predicted molar refractivity (Wildman–Crippen MR) is 98.0 cm³/mol. The number of rotatable bonds is 12. The molecule has 0 radical (unpaired) electrons. The van der Waals surface area contributed by atoms with E-state index in [1.54, 1.807) is 0 Å². The maximum absolute atomic E-state index is 10.6. The van der Waals surface area contributed by atoms with Gasteiger partial charge in [-0.2, -0.15) is 0 Å². The number of hydrogen-bond acceptors (Lipinski definition) is 3. The van der Waals surface area contributed by atoms with Gasteiger partial charge in [0.15, 0.2) is 0 Å². The molecule has 0 heterocycles.